The van der Waals surface area contributed by atoms with Gasteiger partial charge >= 0.3 is 12.0 Å². The fraction of sp³-hybridized carbons (Fsp3) is 0. The number of amides is 2. The Bertz CT molecular complexity index is 1230. The maximum absolute atomic E-state index is 12.5. The largest absolute Gasteiger partial charge is 0.478 e. The van der Waals surface area contributed by atoms with E-state index in [-0.39, 0.29) is 16.1 Å². The van der Waals surface area contributed by atoms with Crippen molar-refractivity contribution in [3.8, 4) is 0 Å². The van der Waals surface area contributed by atoms with Crippen LogP contribution in [0.15, 0.2) is 71.6 Å². The Morgan fingerprint density at radius 2 is 1.48 bits per heavy atom. The minimum atomic E-state index is -3.90. The van der Waals surface area contributed by atoms with E-state index in [0.717, 1.165) is 0 Å². The van der Waals surface area contributed by atoms with Gasteiger partial charge in [-0.1, -0.05) is 11.6 Å². The van der Waals surface area contributed by atoms with Crippen LogP contribution in [0.1, 0.15) is 10.4 Å². The molecule has 3 aromatic rings. The van der Waals surface area contributed by atoms with Crippen molar-refractivity contribution >= 4 is 56.4 Å². The molecule has 6 N–H and O–H groups in total. The zero-order valence-electron chi connectivity index (χ0n) is 15.8. The summed E-state index contributed by atoms with van der Waals surface area (Å²) in [4.78, 5) is 23.0. The summed E-state index contributed by atoms with van der Waals surface area (Å²) in [6.45, 7) is 0. The molecule has 0 radical (unpaired) electrons. The van der Waals surface area contributed by atoms with E-state index in [1.165, 1.54) is 54.6 Å². The summed E-state index contributed by atoms with van der Waals surface area (Å²) in [5.41, 5.74) is 7.07. The summed E-state index contributed by atoms with van der Waals surface area (Å²) in [6.07, 6.45) is 0. The number of halogens is 1. The van der Waals surface area contributed by atoms with E-state index in [4.69, 9.17) is 22.4 Å². The van der Waals surface area contributed by atoms with Gasteiger partial charge in [-0.15, -0.1) is 0 Å². The molecule has 0 aliphatic rings. The average Bonchev–Trinajstić information content (AvgIpc) is 2.70. The van der Waals surface area contributed by atoms with Gasteiger partial charge in [0.05, 0.1) is 21.8 Å². The van der Waals surface area contributed by atoms with Gasteiger partial charge in [0.1, 0.15) is 0 Å². The molecule has 31 heavy (non-hydrogen) atoms. The molecule has 0 atom stereocenters. The van der Waals surface area contributed by atoms with Crippen LogP contribution in [0.25, 0.3) is 0 Å². The van der Waals surface area contributed by atoms with Gasteiger partial charge in [-0.25, -0.2) is 18.0 Å². The molecule has 9 nitrogen and oxygen atoms in total. The molecular formula is C20H17ClN4O5S. The molecule has 0 bridgehead atoms. The smallest absolute Gasteiger partial charge is 0.335 e. The molecule has 11 heteroatoms. The number of carbonyl (C=O) groups is 2. The molecule has 0 unspecified atom stereocenters. The van der Waals surface area contributed by atoms with Crippen LogP contribution in [-0.2, 0) is 10.0 Å². The monoisotopic (exact) mass is 460 g/mol. The van der Waals surface area contributed by atoms with Gasteiger partial charge in [0.2, 0.25) is 0 Å². The second kappa shape index (κ2) is 8.94. The maximum atomic E-state index is 12.5. The lowest BCUT2D eigenvalue weighted by Gasteiger charge is -2.11. The highest BCUT2D eigenvalue weighted by Gasteiger charge is 2.15. The van der Waals surface area contributed by atoms with E-state index in [1.54, 1.807) is 12.1 Å². The SMILES string of the molecule is Nc1cc(Cl)ccc1NC(=O)Nc1ccc(S(=O)(=O)Nc2ccc(C(=O)O)cc2)cc1. The van der Waals surface area contributed by atoms with Crippen molar-refractivity contribution in [3.63, 3.8) is 0 Å². The number of carboxylic acid groups (broad SMARTS) is 1. The Morgan fingerprint density at radius 3 is 2.06 bits per heavy atom. The van der Waals surface area contributed by atoms with Crippen molar-refractivity contribution in [3.05, 3.63) is 77.3 Å². The Hall–Kier alpha value is -3.76. The number of carbonyl (C=O) groups excluding carboxylic acids is 1. The molecule has 0 fully saturated rings. The van der Waals surface area contributed by atoms with Crippen molar-refractivity contribution < 1.29 is 23.1 Å². The third-order valence-electron chi connectivity index (χ3n) is 4.07. The van der Waals surface area contributed by atoms with Crippen LogP contribution in [0.2, 0.25) is 5.02 Å². The van der Waals surface area contributed by atoms with E-state index < -0.39 is 22.0 Å². The van der Waals surface area contributed by atoms with Crippen LogP contribution >= 0.6 is 11.6 Å². The van der Waals surface area contributed by atoms with Crippen LogP contribution in [0.3, 0.4) is 0 Å². The first-order chi connectivity index (χ1) is 14.6. The van der Waals surface area contributed by atoms with Crippen LogP contribution < -0.4 is 21.1 Å². The van der Waals surface area contributed by atoms with Crippen molar-refractivity contribution in [2.45, 2.75) is 4.90 Å². The van der Waals surface area contributed by atoms with E-state index in [0.29, 0.717) is 22.1 Å². The zero-order chi connectivity index (χ0) is 22.6. The third kappa shape index (κ3) is 5.65. The summed E-state index contributed by atoms with van der Waals surface area (Å²) in [5.74, 6) is -1.11. The topological polar surface area (TPSA) is 151 Å². The lowest BCUT2D eigenvalue weighted by Crippen LogP contribution is -2.20. The Balaban J connectivity index is 1.65. The number of anilines is 4. The highest BCUT2D eigenvalue weighted by molar-refractivity contribution is 7.92. The van der Waals surface area contributed by atoms with E-state index in [1.807, 2.05) is 0 Å². The van der Waals surface area contributed by atoms with Crippen molar-refractivity contribution in [1.82, 2.24) is 0 Å². The van der Waals surface area contributed by atoms with Crippen LogP contribution in [-0.4, -0.2) is 25.5 Å². The molecule has 0 saturated carbocycles. The molecule has 3 aromatic carbocycles. The van der Waals surface area contributed by atoms with E-state index in [9.17, 15) is 18.0 Å². The Kier molecular flexibility index (Phi) is 6.33. The minimum Gasteiger partial charge on any atom is -0.478 e. The molecule has 0 saturated heterocycles. The highest BCUT2D eigenvalue weighted by Crippen LogP contribution is 2.23. The lowest BCUT2D eigenvalue weighted by atomic mass is 10.2. The first-order valence-electron chi connectivity index (χ1n) is 8.73. The number of aromatic carboxylic acids is 1. The number of hydrogen-bond donors (Lipinski definition) is 5. The van der Waals surface area contributed by atoms with Crippen molar-refractivity contribution in [2.75, 3.05) is 21.1 Å². The van der Waals surface area contributed by atoms with Gasteiger partial charge in [-0.2, -0.15) is 0 Å². The molecule has 0 aromatic heterocycles. The standard InChI is InChI=1S/C20H17ClN4O5S/c21-13-3-10-18(17(22)11-13)24-20(28)23-14-6-8-16(9-7-14)31(29,30)25-15-4-1-12(2-5-15)19(26)27/h1-11,25H,22H2,(H,26,27)(H2,23,24,28). The number of hydrogen-bond acceptors (Lipinski definition) is 5. The number of sulfonamides is 1. The van der Waals surface area contributed by atoms with E-state index in [2.05, 4.69) is 15.4 Å². The fourth-order valence-corrected chi connectivity index (χ4v) is 3.78. The molecule has 0 spiro atoms. The predicted octanol–water partition coefficient (Wildman–Crippen LogP) is 4.07. The number of carboxylic acids is 1. The van der Waals surface area contributed by atoms with Gasteiger partial charge in [0.25, 0.3) is 10.0 Å². The van der Waals surface area contributed by atoms with Gasteiger partial charge in [-0.05, 0) is 66.7 Å². The molecule has 0 aliphatic carbocycles. The van der Waals surface area contributed by atoms with Crippen LogP contribution in [0, 0.1) is 0 Å². The maximum Gasteiger partial charge on any atom is 0.335 e. The normalized spacial score (nSPS) is 10.9. The van der Waals surface area contributed by atoms with Gasteiger partial charge in [0.15, 0.2) is 0 Å². The molecular weight excluding hydrogens is 444 g/mol. The molecule has 160 valence electrons. The van der Waals surface area contributed by atoms with Crippen molar-refractivity contribution in [1.29, 1.82) is 0 Å². The quantitative estimate of drug-likeness (QED) is 0.350. The van der Waals surface area contributed by atoms with Gasteiger partial charge in [-0.3, -0.25) is 4.72 Å². The summed E-state index contributed by atoms with van der Waals surface area (Å²) in [7, 11) is -3.90. The second-order valence-corrected chi connectivity index (χ2v) is 8.44. The summed E-state index contributed by atoms with van der Waals surface area (Å²) in [6, 6.07) is 14.8. The summed E-state index contributed by atoms with van der Waals surface area (Å²) in [5, 5.41) is 14.5. The Labute approximate surface area is 182 Å². The predicted molar refractivity (Wildman–Crippen MR) is 119 cm³/mol. The molecule has 0 heterocycles. The Morgan fingerprint density at radius 1 is 0.871 bits per heavy atom. The number of nitrogens with one attached hydrogen (secondary N) is 3. The molecule has 2 amide bonds. The lowest BCUT2D eigenvalue weighted by molar-refractivity contribution is 0.0697. The highest BCUT2D eigenvalue weighted by atomic mass is 35.5. The van der Waals surface area contributed by atoms with Crippen LogP contribution in [0.5, 0.6) is 0 Å². The third-order valence-corrected chi connectivity index (χ3v) is 5.70. The first kappa shape index (κ1) is 21.9. The zero-order valence-corrected chi connectivity index (χ0v) is 17.4. The second-order valence-electron chi connectivity index (χ2n) is 6.32. The van der Waals surface area contributed by atoms with Gasteiger partial charge < -0.3 is 21.5 Å². The van der Waals surface area contributed by atoms with Crippen molar-refractivity contribution in [2.24, 2.45) is 0 Å². The molecule has 3 rings (SSSR count). The van der Waals surface area contributed by atoms with E-state index >= 15 is 0 Å². The number of nitrogen functional groups attached to an aromatic ring is 1. The fourth-order valence-electron chi connectivity index (χ4n) is 2.54. The van der Waals surface area contributed by atoms with Crippen LogP contribution in [0.4, 0.5) is 27.5 Å². The minimum absolute atomic E-state index is 0.0389. The summed E-state index contributed by atoms with van der Waals surface area (Å²) < 4.78 is 27.4. The molecule has 0 aliphatic heterocycles. The number of rotatable bonds is 6. The number of urea groups is 1. The number of benzene rings is 3. The summed E-state index contributed by atoms with van der Waals surface area (Å²) >= 11 is 5.82. The number of nitrogens with two attached hydrogens (primary N) is 1. The average molecular weight is 461 g/mol. The first-order valence-corrected chi connectivity index (χ1v) is 10.6. The van der Waals surface area contributed by atoms with Gasteiger partial charge in [0, 0.05) is 16.4 Å².